The molecule has 0 aliphatic rings. The van der Waals surface area contributed by atoms with E-state index in [-0.39, 0.29) is 0 Å². The molecule has 1 atom stereocenters. The maximum Gasteiger partial charge on any atom is 0.00355 e. The second-order valence-corrected chi connectivity index (χ2v) is 4.99. The van der Waals surface area contributed by atoms with Gasteiger partial charge in [-0.05, 0) is 45.7 Å². The zero-order chi connectivity index (χ0) is 11.3. The molecule has 1 unspecified atom stereocenters. The molecule has 0 aliphatic heterocycles. The number of rotatable bonds is 6. The van der Waals surface area contributed by atoms with Gasteiger partial charge in [-0.15, -0.1) is 0 Å². The third kappa shape index (κ3) is 4.80. The number of hydrogen-bond donors (Lipinski definition) is 0. The molecule has 0 amide bonds. The highest BCUT2D eigenvalue weighted by molar-refractivity contribution is 5.01. The van der Waals surface area contributed by atoms with Crippen LogP contribution in [0, 0.1) is 11.8 Å². The monoisotopic (exact) mass is 197 g/mol. The Hall–Kier alpha value is -0.300. The van der Waals surface area contributed by atoms with Crippen molar-refractivity contribution >= 4 is 0 Å². The zero-order valence-electron chi connectivity index (χ0n) is 10.8. The summed E-state index contributed by atoms with van der Waals surface area (Å²) in [6.07, 6.45) is 1.23. The quantitative estimate of drug-likeness (QED) is 0.588. The van der Waals surface area contributed by atoms with Crippen LogP contribution in [0.5, 0.6) is 0 Å². The highest BCUT2D eigenvalue weighted by atomic mass is 15.1. The molecule has 1 nitrogen and oxygen atoms in total. The van der Waals surface area contributed by atoms with E-state index in [0.29, 0.717) is 17.9 Å². The summed E-state index contributed by atoms with van der Waals surface area (Å²) in [5, 5.41) is 0. The number of hydrogen-bond acceptors (Lipinski definition) is 1. The van der Waals surface area contributed by atoms with Crippen molar-refractivity contribution in [3.63, 3.8) is 0 Å². The van der Waals surface area contributed by atoms with E-state index in [2.05, 4.69) is 53.1 Å². The topological polar surface area (TPSA) is 3.24 Å². The smallest absolute Gasteiger partial charge is 0.00355 e. The molecule has 0 rings (SSSR count). The molecule has 0 radical (unpaired) electrons. The van der Waals surface area contributed by atoms with Crippen LogP contribution >= 0.6 is 0 Å². The third-order valence-corrected chi connectivity index (χ3v) is 3.17. The Morgan fingerprint density at radius 1 is 1.14 bits per heavy atom. The summed E-state index contributed by atoms with van der Waals surface area (Å²) in [5.74, 6) is 1.27. The highest BCUT2D eigenvalue weighted by Gasteiger charge is 2.11. The Labute approximate surface area is 90.2 Å². The van der Waals surface area contributed by atoms with Gasteiger partial charge in [0.15, 0.2) is 0 Å². The first-order valence-corrected chi connectivity index (χ1v) is 5.75. The van der Waals surface area contributed by atoms with Crippen LogP contribution in [0.2, 0.25) is 0 Å². The normalized spacial score (nSPS) is 14.1. The molecule has 84 valence electrons. The van der Waals surface area contributed by atoms with Crippen LogP contribution in [0.3, 0.4) is 0 Å². The van der Waals surface area contributed by atoms with E-state index >= 15 is 0 Å². The summed E-state index contributed by atoms with van der Waals surface area (Å²) in [5.41, 5.74) is 1.39. The average Bonchev–Trinajstić information content (AvgIpc) is 2.11. The van der Waals surface area contributed by atoms with Crippen LogP contribution in [0.4, 0.5) is 0 Å². The second-order valence-electron chi connectivity index (χ2n) is 4.99. The summed E-state index contributed by atoms with van der Waals surface area (Å²) in [7, 11) is 2.19. The van der Waals surface area contributed by atoms with Gasteiger partial charge in [-0.2, -0.15) is 0 Å². The number of allylic oxidation sites excluding steroid dienone is 1. The minimum Gasteiger partial charge on any atom is -0.304 e. The van der Waals surface area contributed by atoms with Crippen LogP contribution in [-0.4, -0.2) is 24.5 Å². The van der Waals surface area contributed by atoms with Gasteiger partial charge < -0.3 is 4.90 Å². The molecule has 1 heteroatoms. The fourth-order valence-corrected chi connectivity index (χ4v) is 1.41. The van der Waals surface area contributed by atoms with Crippen molar-refractivity contribution in [2.24, 2.45) is 11.8 Å². The van der Waals surface area contributed by atoms with Crippen molar-refractivity contribution in [1.29, 1.82) is 0 Å². The molecular formula is C13H27N. The second kappa shape index (κ2) is 6.23. The summed E-state index contributed by atoms with van der Waals surface area (Å²) in [4.78, 5) is 2.39. The van der Waals surface area contributed by atoms with Crippen LogP contribution in [0.25, 0.3) is 0 Å². The standard InChI is InChI=1S/C13H27N/c1-10(2)13(6)12(5)8-9-14(7)11(3)4/h10-12H,6,8-9H2,1-5,7H3. The Balaban J connectivity index is 3.85. The maximum absolute atomic E-state index is 4.16. The fraction of sp³-hybridized carbons (Fsp3) is 0.846. The third-order valence-electron chi connectivity index (χ3n) is 3.17. The molecule has 0 saturated carbocycles. The van der Waals surface area contributed by atoms with Crippen LogP contribution in [0.15, 0.2) is 12.2 Å². The molecule has 0 saturated heterocycles. The lowest BCUT2D eigenvalue weighted by atomic mass is 9.90. The first-order valence-electron chi connectivity index (χ1n) is 5.75. The largest absolute Gasteiger partial charge is 0.304 e. The van der Waals surface area contributed by atoms with Gasteiger partial charge in [0.25, 0.3) is 0 Å². The first kappa shape index (κ1) is 13.7. The molecule has 14 heavy (non-hydrogen) atoms. The van der Waals surface area contributed by atoms with Crippen molar-refractivity contribution in [2.75, 3.05) is 13.6 Å². The van der Waals surface area contributed by atoms with E-state index in [1.54, 1.807) is 0 Å². The van der Waals surface area contributed by atoms with Gasteiger partial charge in [0.2, 0.25) is 0 Å². The molecule has 0 bridgehead atoms. The predicted molar refractivity (Wildman–Crippen MR) is 65.5 cm³/mol. The number of nitrogens with zero attached hydrogens (tertiary/aromatic N) is 1. The first-order chi connectivity index (χ1) is 6.36. The SMILES string of the molecule is C=C(C(C)C)C(C)CCN(C)C(C)C. The van der Waals surface area contributed by atoms with E-state index in [4.69, 9.17) is 0 Å². The van der Waals surface area contributed by atoms with Crippen molar-refractivity contribution in [3.8, 4) is 0 Å². The molecule has 0 aromatic heterocycles. The van der Waals surface area contributed by atoms with Gasteiger partial charge >= 0.3 is 0 Å². The van der Waals surface area contributed by atoms with Crippen LogP contribution in [0.1, 0.15) is 41.0 Å². The summed E-state index contributed by atoms with van der Waals surface area (Å²) < 4.78 is 0. The Morgan fingerprint density at radius 3 is 2.00 bits per heavy atom. The molecule has 0 aromatic rings. The lowest BCUT2D eigenvalue weighted by Crippen LogP contribution is -2.28. The summed E-state index contributed by atoms with van der Waals surface area (Å²) >= 11 is 0. The van der Waals surface area contributed by atoms with Gasteiger partial charge in [0, 0.05) is 6.04 Å². The highest BCUT2D eigenvalue weighted by Crippen LogP contribution is 2.20. The minimum atomic E-state index is 0.620. The Bertz CT molecular complexity index is 170. The molecule has 0 heterocycles. The van der Waals surface area contributed by atoms with E-state index in [1.165, 1.54) is 18.5 Å². The van der Waals surface area contributed by atoms with Gasteiger partial charge in [-0.1, -0.05) is 32.9 Å². The van der Waals surface area contributed by atoms with Crippen molar-refractivity contribution in [3.05, 3.63) is 12.2 Å². The fourth-order valence-electron chi connectivity index (χ4n) is 1.41. The van der Waals surface area contributed by atoms with Crippen molar-refractivity contribution in [2.45, 2.75) is 47.1 Å². The molecule has 0 spiro atoms. The summed E-state index contributed by atoms with van der Waals surface area (Å²) in [6, 6.07) is 0.648. The van der Waals surface area contributed by atoms with E-state index in [0.717, 1.165) is 0 Å². The Kier molecular flexibility index (Phi) is 6.10. The van der Waals surface area contributed by atoms with E-state index in [9.17, 15) is 0 Å². The molecule has 0 aliphatic carbocycles. The molecule has 0 N–H and O–H groups in total. The van der Waals surface area contributed by atoms with Gasteiger partial charge in [-0.25, -0.2) is 0 Å². The maximum atomic E-state index is 4.16. The van der Waals surface area contributed by atoms with Crippen LogP contribution < -0.4 is 0 Å². The predicted octanol–water partition coefficient (Wildman–Crippen LogP) is 3.57. The van der Waals surface area contributed by atoms with E-state index < -0.39 is 0 Å². The van der Waals surface area contributed by atoms with Gasteiger partial charge in [0.1, 0.15) is 0 Å². The van der Waals surface area contributed by atoms with Crippen molar-refractivity contribution in [1.82, 2.24) is 4.90 Å². The minimum absolute atomic E-state index is 0.620. The zero-order valence-corrected chi connectivity index (χ0v) is 10.8. The van der Waals surface area contributed by atoms with Crippen molar-refractivity contribution < 1.29 is 0 Å². The van der Waals surface area contributed by atoms with Crippen LogP contribution in [-0.2, 0) is 0 Å². The lowest BCUT2D eigenvalue weighted by Gasteiger charge is -2.24. The average molecular weight is 197 g/mol. The molecule has 0 fully saturated rings. The molecular weight excluding hydrogens is 170 g/mol. The van der Waals surface area contributed by atoms with E-state index in [1.807, 2.05) is 0 Å². The lowest BCUT2D eigenvalue weighted by molar-refractivity contribution is 0.258. The van der Waals surface area contributed by atoms with Gasteiger partial charge in [-0.3, -0.25) is 0 Å². The Morgan fingerprint density at radius 2 is 1.64 bits per heavy atom. The molecule has 0 aromatic carbocycles. The summed E-state index contributed by atoms with van der Waals surface area (Å²) in [6.45, 7) is 16.5. The van der Waals surface area contributed by atoms with Gasteiger partial charge in [0.05, 0.1) is 0 Å².